The second-order valence-corrected chi connectivity index (χ2v) is 7.71. The number of hydrogen-bond acceptors (Lipinski definition) is 5. The SMILES string of the molecule is O=C1OC2(CCNC2)c2cccc(C(=O)C3(c4ccc(Cl)nc4)CC3)c21. The second-order valence-electron chi connectivity index (χ2n) is 7.32. The first-order valence-corrected chi connectivity index (χ1v) is 9.18. The molecule has 1 spiro atoms. The largest absolute Gasteiger partial charge is 0.449 e. The fourth-order valence-electron chi connectivity index (χ4n) is 4.30. The molecule has 1 aromatic heterocycles. The number of nitrogens with zero attached hydrogens (tertiary/aromatic N) is 1. The molecule has 1 unspecified atom stereocenters. The van der Waals surface area contributed by atoms with E-state index in [0.717, 1.165) is 36.9 Å². The van der Waals surface area contributed by atoms with Crippen molar-refractivity contribution >= 4 is 23.4 Å². The molecule has 5 nitrogen and oxygen atoms in total. The zero-order valence-electron chi connectivity index (χ0n) is 14.0. The van der Waals surface area contributed by atoms with Crippen molar-refractivity contribution in [2.24, 2.45) is 0 Å². The van der Waals surface area contributed by atoms with E-state index in [-0.39, 0.29) is 5.78 Å². The third kappa shape index (κ3) is 2.10. The average Bonchev–Trinajstić information content (AvgIpc) is 3.25. The number of esters is 1. The number of pyridine rings is 1. The van der Waals surface area contributed by atoms with Crippen LogP contribution in [0.4, 0.5) is 0 Å². The summed E-state index contributed by atoms with van der Waals surface area (Å²) in [7, 11) is 0. The number of fused-ring (bicyclic) bond motifs is 2. The molecule has 1 saturated heterocycles. The van der Waals surface area contributed by atoms with Crippen LogP contribution in [0, 0.1) is 0 Å². The zero-order chi connectivity index (χ0) is 17.9. The Morgan fingerprint density at radius 1 is 1.19 bits per heavy atom. The fourth-order valence-corrected chi connectivity index (χ4v) is 4.41. The summed E-state index contributed by atoms with van der Waals surface area (Å²) < 4.78 is 5.74. The van der Waals surface area contributed by atoms with E-state index < -0.39 is 17.0 Å². The molecular formula is C20H17ClN2O3. The van der Waals surface area contributed by atoms with Crippen LogP contribution in [-0.4, -0.2) is 29.8 Å². The van der Waals surface area contributed by atoms with E-state index in [4.69, 9.17) is 16.3 Å². The van der Waals surface area contributed by atoms with Gasteiger partial charge in [-0.1, -0.05) is 35.9 Å². The van der Waals surface area contributed by atoms with Crippen LogP contribution in [0.5, 0.6) is 0 Å². The molecular weight excluding hydrogens is 352 g/mol. The van der Waals surface area contributed by atoms with Crippen LogP contribution in [0.2, 0.25) is 5.15 Å². The number of rotatable bonds is 3. The van der Waals surface area contributed by atoms with Gasteiger partial charge in [0.1, 0.15) is 5.15 Å². The van der Waals surface area contributed by atoms with Crippen LogP contribution in [0.25, 0.3) is 0 Å². The first-order chi connectivity index (χ1) is 12.6. The molecule has 26 heavy (non-hydrogen) atoms. The molecule has 2 fully saturated rings. The van der Waals surface area contributed by atoms with Crippen LogP contribution in [0.1, 0.15) is 51.1 Å². The molecule has 1 saturated carbocycles. The third-order valence-electron chi connectivity index (χ3n) is 5.87. The molecule has 132 valence electrons. The van der Waals surface area contributed by atoms with E-state index in [1.165, 1.54) is 0 Å². The highest BCUT2D eigenvalue weighted by Crippen LogP contribution is 2.52. The number of carbonyl (C=O) groups excluding carboxylic acids is 2. The van der Waals surface area contributed by atoms with E-state index in [0.29, 0.717) is 22.8 Å². The smallest absolute Gasteiger partial charge is 0.340 e. The van der Waals surface area contributed by atoms with Crippen molar-refractivity contribution in [2.45, 2.75) is 30.3 Å². The summed E-state index contributed by atoms with van der Waals surface area (Å²) >= 11 is 5.88. The molecule has 5 rings (SSSR count). The van der Waals surface area contributed by atoms with Crippen LogP contribution >= 0.6 is 11.6 Å². The first-order valence-electron chi connectivity index (χ1n) is 8.80. The molecule has 3 aliphatic rings. The minimum Gasteiger partial charge on any atom is -0.449 e. The molecule has 0 bridgehead atoms. The van der Waals surface area contributed by atoms with Gasteiger partial charge in [-0.25, -0.2) is 9.78 Å². The van der Waals surface area contributed by atoms with Crippen LogP contribution < -0.4 is 5.32 Å². The number of hydrogen-bond donors (Lipinski definition) is 1. The van der Waals surface area contributed by atoms with Crippen molar-refractivity contribution in [3.05, 3.63) is 63.9 Å². The summed E-state index contributed by atoms with van der Waals surface area (Å²) in [6.45, 7) is 1.39. The molecule has 1 aliphatic carbocycles. The van der Waals surface area contributed by atoms with Crippen LogP contribution in [0.3, 0.4) is 0 Å². The molecule has 1 atom stereocenters. The summed E-state index contributed by atoms with van der Waals surface area (Å²) in [6.07, 6.45) is 3.90. The van der Waals surface area contributed by atoms with Gasteiger partial charge in [-0.2, -0.15) is 0 Å². The first kappa shape index (κ1) is 16.0. The van der Waals surface area contributed by atoms with Gasteiger partial charge < -0.3 is 10.1 Å². The Hall–Kier alpha value is -2.24. The Bertz CT molecular complexity index is 929. The number of aromatic nitrogens is 1. The molecule has 1 aromatic carbocycles. The number of ether oxygens (including phenoxy) is 1. The number of nitrogens with one attached hydrogen (secondary N) is 1. The summed E-state index contributed by atoms with van der Waals surface area (Å²) in [5.74, 6) is -0.420. The highest BCUT2D eigenvalue weighted by molar-refractivity contribution is 6.29. The molecule has 2 aliphatic heterocycles. The monoisotopic (exact) mass is 368 g/mol. The maximum Gasteiger partial charge on any atom is 0.340 e. The quantitative estimate of drug-likeness (QED) is 0.512. The van der Waals surface area contributed by atoms with E-state index in [9.17, 15) is 9.59 Å². The zero-order valence-corrected chi connectivity index (χ0v) is 14.8. The molecule has 1 N–H and O–H groups in total. The van der Waals surface area contributed by atoms with Gasteiger partial charge in [-0.05, 0) is 31.0 Å². The minimum absolute atomic E-state index is 0.0292. The predicted octanol–water partition coefficient (Wildman–Crippen LogP) is 3.01. The van der Waals surface area contributed by atoms with Gasteiger partial charge in [0.25, 0.3) is 0 Å². The maximum atomic E-state index is 13.4. The summed E-state index contributed by atoms with van der Waals surface area (Å²) in [5.41, 5.74) is 1.37. The number of halogens is 1. The van der Waals surface area contributed by atoms with Gasteiger partial charge in [0, 0.05) is 30.3 Å². The van der Waals surface area contributed by atoms with E-state index in [1.54, 1.807) is 18.3 Å². The van der Waals surface area contributed by atoms with E-state index >= 15 is 0 Å². The maximum absolute atomic E-state index is 13.4. The van der Waals surface area contributed by atoms with Gasteiger partial charge >= 0.3 is 5.97 Å². The average molecular weight is 369 g/mol. The lowest BCUT2D eigenvalue weighted by Crippen LogP contribution is -2.28. The standard InChI is InChI=1S/C20H17ClN2O3/c21-15-5-4-12(10-23-15)19(6-7-19)17(24)13-2-1-3-14-16(13)18(25)26-20(14)8-9-22-11-20/h1-5,10,22H,6-9,11H2. The fraction of sp³-hybridized carbons (Fsp3) is 0.350. The second kappa shape index (κ2) is 5.38. The lowest BCUT2D eigenvalue weighted by atomic mass is 9.83. The highest BCUT2D eigenvalue weighted by Gasteiger charge is 2.55. The Morgan fingerprint density at radius 3 is 2.69 bits per heavy atom. The van der Waals surface area contributed by atoms with Crippen molar-refractivity contribution in [1.29, 1.82) is 0 Å². The van der Waals surface area contributed by atoms with E-state index in [1.807, 2.05) is 18.2 Å². The summed E-state index contributed by atoms with van der Waals surface area (Å²) in [4.78, 5) is 30.2. The van der Waals surface area contributed by atoms with Crippen molar-refractivity contribution in [3.8, 4) is 0 Å². The van der Waals surface area contributed by atoms with Gasteiger partial charge in [0.15, 0.2) is 11.4 Å². The van der Waals surface area contributed by atoms with Crippen molar-refractivity contribution < 1.29 is 14.3 Å². The Labute approximate surface area is 155 Å². The van der Waals surface area contributed by atoms with Crippen molar-refractivity contribution in [2.75, 3.05) is 13.1 Å². The summed E-state index contributed by atoms with van der Waals surface area (Å²) in [6, 6.07) is 9.06. The Balaban J connectivity index is 1.60. The Kier molecular flexibility index (Phi) is 3.30. The predicted molar refractivity (Wildman–Crippen MR) is 95.5 cm³/mol. The number of carbonyl (C=O) groups is 2. The number of ketones is 1. The topological polar surface area (TPSA) is 68.3 Å². The van der Waals surface area contributed by atoms with Gasteiger partial charge in [0.2, 0.25) is 0 Å². The molecule has 0 radical (unpaired) electrons. The highest BCUT2D eigenvalue weighted by atomic mass is 35.5. The molecule has 0 amide bonds. The van der Waals surface area contributed by atoms with Gasteiger partial charge in [-0.15, -0.1) is 0 Å². The number of benzene rings is 1. The lowest BCUT2D eigenvalue weighted by Gasteiger charge is -2.22. The number of Topliss-reactive ketones (excluding diaryl/α,β-unsaturated/α-hetero) is 1. The van der Waals surface area contributed by atoms with Crippen LogP contribution in [-0.2, 0) is 15.8 Å². The molecule has 3 heterocycles. The lowest BCUT2D eigenvalue weighted by molar-refractivity contribution is 0.00158. The van der Waals surface area contributed by atoms with Crippen LogP contribution in [0.15, 0.2) is 36.5 Å². The van der Waals surface area contributed by atoms with Crippen molar-refractivity contribution in [3.63, 3.8) is 0 Å². The normalized spacial score (nSPS) is 25.2. The van der Waals surface area contributed by atoms with E-state index in [2.05, 4.69) is 10.3 Å². The van der Waals surface area contributed by atoms with Gasteiger partial charge in [-0.3, -0.25) is 4.79 Å². The van der Waals surface area contributed by atoms with Crippen molar-refractivity contribution in [1.82, 2.24) is 10.3 Å². The Morgan fingerprint density at radius 2 is 2.04 bits per heavy atom. The summed E-state index contributed by atoms with van der Waals surface area (Å²) in [5, 5.41) is 3.66. The minimum atomic E-state index is -0.624. The van der Waals surface area contributed by atoms with Gasteiger partial charge in [0.05, 0.1) is 11.0 Å². The third-order valence-corrected chi connectivity index (χ3v) is 6.10. The molecule has 6 heteroatoms. The molecule has 2 aromatic rings.